The molecule has 0 aromatic heterocycles. The highest BCUT2D eigenvalue weighted by molar-refractivity contribution is 6.13. The number of imide groups is 2. The van der Waals surface area contributed by atoms with Crippen LogP contribution >= 0.6 is 0 Å². The lowest BCUT2D eigenvalue weighted by Crippen LogP contribution is -2.39. The van der Waals surface area contributed by atoms with Crippen LogP contribution < -0.4 is 0 Å². The molecule has 1 unspecified atom stereocenters. The van der Waals surface area contributed by atoms with Crippen LogP contribution in [-0.4, -0.2) is 55.9 Å². The zero-order valence-electron chi connectivity index (χ0n) is 12.6. The van der Waals surface area contributed by atoms with Gasteiger partial charge < -0.3 is 5.11 Å². The summed E-state index contributed by atoms with van der Waals surface area (Å²) < 4.78 is 0. The number of hydrogen-bond acceptors (Lipinski definition) is 6. The molecular formula is C14H18N2O7. The van der Waals surface area contributed by atoms with Gasteiger partial charge in [0.15, 0.2) is 0 Å². The average molecular weight is 326 g/mol. The van der Waals surface area contributed by atoms with Crippen molar-refractivity contribution in [3.63, 3.8) is 0 Å². The van der Waals surface area contributed by atoms with Crippen LogP contribution in [-0.2, 0) is 24.0 Å². The Labute approximate surface area is 132 Å². The highest BCUT2D eigenvalue weighted by Crippen LogP contribution is 2.16. The van der Waals surface area contributed by atoms with Crippen LogP contribution in [0.3, 0.4) is 0 Å². The summed E-state index contributed by atoms with van der Waals surface area (Å²) in [4.78, 5) is 54.6. The maximum Gasteiger partial charge on any atom is 0.303 e. The molecule has 1 fully saturated rings. The third-order valence-corrected chi connectivity index (χ3v) is 3.40. The van der Waals surface area contributed by atoms with Crippen LogP contribution in [0, 0.1) is 0 Å². The predicted octanol–water partition coefficient (Wildman–Crippen LogP) is 0.0794. The lowest BCUT2D eigenvalue weighted by Gasteiger charge is -2.24. The van der Waals surface area contributed by atoms with E-state index in [4.69, 9.17) is 10.3 Å². The minimum absolute atomic E-state index is 0.0322. The Bertz CT molecular complexity index is 521. The number of hydrogen-bond donors (Lipinski definition) is 2. The molecule has 1 saturated heterocycles. The van der Waals surface area contributed by atoms with Gasteiger partial charge in [0.1, 0.15) is 0 Å². The van der Waals surface area contributed by atoms with E-state index in [0.717, 1.165) is 4.90 Å². The molecule has 23 heavy (non-hydrogen) atoms. The Kier molecular flexibility index (Phi) is 6.58. The summed E-state index contributed by atoms with van der Waals surface area (Å²) in [6, 6.07) is -0.309. The van der Waals surface area contributed by atoms with Crippen LogP contribution in [0.25, 0.3) is 0 Å². The highest BCUT2D eigenvalue weighted by atomic mass is 16.5. The molecule has 0 bridgehead atoms. The van der Waals surface area contributed by atoms with Gasteiger partial charge in [-0.2, -0.15) is 5.06 Å². The van der Waals surface area contributed by atoms with Crippen molar-refractivity contribution in [1.29, 1.82) is 0 Å². The van der Waals surface area contributed by atoms with Gasteiger partial charge in [0, 0.05) is 37.5 Å². The molecule has 0 aliphatic carbocycles. The maximum atomic E-state index is 11.3. The second kappa shape index (κ2) is 8.18. The van der Waals surface area contributed by atoms with Crippen molar-refractivity contribution in [3.05, 3.63) is 12.2 Å². The molecule has 0 spiro atoms. The second-order valence-electron chi connectivity index (χ2n) is 4.97. The first kappa shape index (κ1) is 18.5. The SMILES string of the molecule is CCC(CCC(=O)O)N1C(=O)C=CC1=O.O=C1CCC(=O)N1O. The smallest absolute Gasteiger partial charge is 0.303 e. The molecule has 2 aliphatic rings. The van der Waals surface area contributed by atoms with Crippen molar-refractivity contribution in [2.45, 2.75) is 45.1 Å². The molecule has 0 aromatic rings. The van der Waals surface area contributed by atoms with E-state index in [9.17, 15) is 24.0 Å². The average Bonchev–Trinajstić information content (AvgIpc) is 2.98. The van der Waals surface area contributed by atoms with Gasteiger partial charge in [-0.1, -0.05) is 6.92 Å². The molecule has 126 valence electrons. The largest absolute Gasteiger partial charge is 0.481 e. The number of nitrogens with zero attached hydrogens (tertiary/aromatic N) is 2. The van der Waals surface area contributed by atoms with Crippen LogP contribution in [0.2, 0.25) is 0 Å². The predicted molar refractivity (Wildman–Crippen MR) is 74.8 cm³/mol. The number of aliphatic carboxylic acids is 1. The van der Waals surface area contributed by atoms with Crippen LogP contribution in [0.15, 0.2) is 12.2 Å². The molecule has 2 rings (SSSR count). The van der Waals surface area contributed by atoms with Gasteiger partial charge in [0.2, 0.25) is 0 Å². The number of amides is 4. The number of carboxylic acids is 1. The van der Waals surface area contributed by atoms with E-state index in [1.165, 1.54) is 12.2 Å². The Morgan fingerprint density at radius 2 is 1.61 bits per heavy atom. The lowest BCUT2D eigenvalue weighted by molar-refractivity contribution is -0.171. The van der Waals surface area contributed by atoms with Gasteiger partial charge in [-0.25, -0.2) is 0 Å². The summed E-state index contributed by atoms with van der Waals surface area (Å²) in [5.41, 5.74) is 0. The normalized spacial score (nSPS) is 18.3. The number of rotatable bonds is 5. The molecule has 2 heterocycles. The molecule has 0 saturated carbocycles. The second-order valence-corrected chi connectivity index (χ2v) is 4.97. The van der Waals surface area contributed by atoms with E-state index in [1.54, 1.807) is 0 Å². The van der Waals surface area contributed by atoms with Gasteiger partial charge in [-0.15, -0.1) is 0 Å². The number of carbonyl (C=O) groups is 5. The van der Waals surface area contributed by atoms with E-state index in [0.29, 0.717) is 12.8 Å². The Morgan fingerprint density at radius 1 is 1.13 bits per heavy atom. The van der Waals surface area contributed by atoms with Crippen LogP contribution in [0.1, 0.15) is 39.0 Å². The fraction of sp³-hybridized carbons (Fsp3) is 0.500. The standard InChI is InChI=1S/C10H13NO4.C4H5NO3/c1-2-7(3-6-10(14)15)11-8(12)4-5-9(11)13;6-3-1-2-4(7)5(3)8/h4-5,7H,2-3,6H2,1H3,(H,14,15);8H,1-2H2. The Balaban J connectivity index is 0.000000277. The van der Waals surface area contributed by atoms with E-state index in [-0.39, 0.29) is 42.2 Å². The molecular weight excluding hydrogens is 308 g/mol. The van der Waals surface area contributed by atoms with E-state index >= 15 is 0 Å². The molecule has 2 aliphatic heterocycles. The molecule has 0 aromatic carbocycles. The quantitative estimate of drug-likeness (QED) is 0.540. The van der Waals surface area contributed by atoms with E-state index in [2.05, 4.69) is 0 Å². The van der Waals surface area contributed by atoms with Crippen LogP contribution in [0.5, 0.6) is 0 Å². The molecule has 0 radical (unpaired) electrons. The summed E-state index contributed by atoms with van der Waals surface area (Å²) in [6.07, 6.45) is 3.58. The molecule has 9 nitrogen and oxygen atoms in total. The Morgan fingerprint density at radius 3 is 1.91 bits per heavy atom. The first-order valence-electron chi connectivity index (χ1n) is 7.09. The van der Waals surface area contributed by atoms with Crippen LogP contribution in [0.4, 0.5) is 0 Å². The summed E-state index contributed by atoms with van der Waals surface area (Å²) in [6.45, 7) is 1.82. The fourth-order valence-electron chi connectivity index (χ4n) is 2.14. The number of carboxylic acid groups (broad SMARTS) is 1. The topological polar surface area (TPSA) is 132 Å². The number of carbonyl (C=O) groups excluding carboxylic acids is 4. The van der Waals surface area contributed by atoms with Crippen molar-refractivity contribution >= 4 is 29.6 Å². The van der Waals surface area contributed by atoms with Crippen molar-refractivity contribution in [2.24, 2.45) is 0 Å². The lowest BCUT2D eigenvalue weighted by atomic mass is 10.1. The third kappa shape index (κ3) is 4.99. The summed E-state index contributed by atoms with van der Waals surface area (Å²) in [5, 5.41) is 17.1. The fourth-order valence-corrected chi connectivity index (χ4v) is 2.14. The first-order valence-corrected chi connectivity index (χ1v) is 7.09. The zero-order chi connectivity index (χ0) is 17.6. The first-order chi connectivity index (χ1) is 10.8. The van der Waals surface area contributed by atoms with Gasteiger partial charge in [0.25, 0.3) is 23.6 Å². The minimum Gasteiger partial charge on any atom is -0.481 e. The van der Waals surface area contributed by atoms with Crippen molar-refractivity contribution < 1.29 is 34.3 Å². The highest BCUT2D eigenvalue weighted by Gasteiger charge is 2.30. The van der Waals surface area contributed by atoms with Gasteiger partial charge in [0.05, 0.1) is 0 Å². The minimum atomic E-state index is -0.916. The Hall–Kier alpha value is -2.55. The van der Waals surface area contributed by atoms with Crippen molar-refractivity contribution in [3.8, 4) is 0 Å². The third-order valence-electron chi connectivity index (χ3n) is 3.40. The number of hydroxylamine groups is 2. The molecule has 1 atom stereocenters. The van der Waals surface area contributed by atoms with E-state index in [1.807, 2.05) is 6.92 Å². The van der Waals surface area contributed by atoms with Gasteiger partial charge in [-0.3, -0.25) is 34.1 Å². The molecule has 4 amide bonds. The molecule has 2 N–H and O–H groups in total. The zero-order valence-corrected chi connectivity index (χ0v) is 12.6. The molecule has 9 heteroatoms. The summed E-state index contributed by atoms with van der Waals surface area (Å²) in [7, 11) is 0. The summed E-state index contributed by atoms with van der Waals surface area (Å²) in [5.74, 6) is -2.63. The van der Waals surface area contributed by atoms with Crippen molar-refractivity contribution in [1.82, 2.24) is 9.96 Å². The summed E-state index contributed by atoms with van der Waals surface area (Å²) >= 11 is 0. The maximum absolute atomic E-state index is 11.3. The monoisotopic (exact) mass is 326 g/mol. The van der Waals surface area contributed by atoms with Gasteiger partial charge >= 0.3 is 5.97 Å². The van der Waals surface area contributed by atoms with Crippen molar-refractivity contribution in [2.75, 3.05) is 0 Å². The van der Waals surface area contributed by atoms with Gasteiger partial charge in [-0.05, 0) is 12.8 Å². The van der Waals surface area contributed by atoms with E-state index < -0.39 is 17.8 Å².